The van der Waals surface area contributed by atoms with Gasteiger partial charge in [-0.3, -0.25) is 0 Å². The summed E-state index contributed by atoms with van der Waals surface area (Å²) >= 11 is 0. The van der Waals surface area contributed by atoms with E-state index >= 15 is 0 Å². The van der Waals surface area contributed by atoms with Crippen LogP contribution in [0.4, 0.5) is 0 Å². The Hall–Kier alpha value is 1.85. The molecule has 0 aromatic carbocycles. The van der Waals surface area contributed by atoms with Crippen LogP contribution in [0.25, 0.3) is 0 Å². The Balaban J connectivity index is -0.000000980. The predicted octanol–water partition coefficient (Wildman–Crippen LogP) is 3.04. The molecular formula is C9H30O3Si4Y. The maximum Gasteiger partial charge on any atom is 0.312 e. The predicted molar refractivity (Wildman–Crippen MR) is 82.7 cm³/mol. The van der Waals surface area contributed by atoms with Crippen LogP contribution >= 0.6 is 0 Å². The van der Waals surface area contributed by atoms with Crippen LogP contribution in [-0.2, 0) is 45.1 Å². The van der Waals surface area contributed by atoms with E-state index in [0.717, 1.165) is 0 Å². The summed E-state index contributed by atoms with van der Waals surface area (Å²) in [6, 6.07) is 0. The van der Waals surface area contributed by atoms with Gasteiger partial charge in [0.15, 0.2) is 18.1 Å². The molecule has 0 amide bonds. The first-order chi connectivity index (χ1) is 6.54. The largest absolute Gasteiger partial charge is 0.440 e. The maximum absolute atomic E-state index is 6.15. The van der Waals surface area contributed by atoms with E-state index in [4.69, 9.17) is 12.3 Å². The standard InChI is InChI=1S/C8H26O3Si4.CH4.Y/c1-12(2)9-14(5,6)11-15(7,8)10-13(3)4;;/h12-13H,1-8H3;1H4;. The van der Waals surface area contributed by atoms with Crippen LogP contribution in [0.2, 0.25) is 52.4 Å². The molecule has 17 heavy (non-hydrogen) atoms. The molecule has 8 heteroatoms. The molecule has 0 rings (SSSR count). The van der Waals surface area contributed by atoms with E-state index in [2.05, 4.69) is 52.4 Å². The third-order valence-corrected chi connectivity index (χ3v) is 13.8. The van der Waals surface area contributed by atoms with Crippen molar-refractivity contribution in [2.45, 2.75) is 59.8 Å². The fourth-order valence-electron chi connectivity index (χ4n) is 1.78. The van der Waals surface area contributed by atoms with Crippen LogP contribution in [-0.4, -0.2) is 35.2 Å². The monoisotopic (exact) mass is 387 g/mol. The van der Waals surface area contributed by atoms with Gasteiger partial charge in [-0.15, -0.1) is 0 Å². The van der Waals surface area contributed by atoms with Crippen molar-refractivity contribution >= 4 is 35.2 Å². The summed E-state index contributed by atoms with van der Waals surface area (Å²) in [5.41, 5.74) is 0. The quantitative estimate of drug-likeness (QED) is 0.656. The summed E-state index contributed by atoms with van der Waals surface area (Å²) in [5.74, 6) is 0. The average Bonchev–Trinajstić information content (AvgIpc) is 1.73. The van der Waals surface area contributed by atoms with Crippen LogP contribution in [0.15, 0.2) is 0 Å². The maximum atomic E-state index is 6.15. The van der Waals surface area contributed by atoms with Gasteiger partial charge < -0.3 is 12.3 Å². The second kappa shape index (κ2) is 9.71. The zero-order valence-corrected chi connectivity index (χ0v) is 19.1. The molecular weight excluding hydrogens is 357 g/mol. The van der Waals surface area contributed by atoms with Crippen LogP contribution in [0.1, 0.15) is 7.43 Å². The molecule has 0 N–H and O–H groups in total. The minimum absolute atomic E-state index is 0. The molecule has 0 atom stereocenters. The molecule has 0 unspecified atom stereocenters. The van der Waals surface area contributed by atoms with Crippen molar-refractivity contribution in [3.8, 4) is 0 Å². The Labute approximate surface area is 139 Å². The molecule has 3 nitrogen and oxygen atoms in total. The second-order valence-electron chi connectivity index (χ2n) is 5.23. The number of hydrogen-bond acceptors (Lipinski definition) is 3. The van der Waals surface area contributed by atoms with Crippen LogP contribution in [0.5, 0.6) is 0 Å². The van der Waals surface area contributed by atoms with E-state index in [0.29, 0.717) is 0 Å². The summed E-state index contributed by atoms with van der Waals surface area (Å²) in [4.78, 5) is 0. The molecule has 0 aliphatic heterocycles. The van der Waals surface area contributed by atoms with Gasteiger partial charge in [0.1, 0.15) is 0 Å². The van der Waals surface area contributed by atoms with Crippen molar-refractivity contribution in [1.82, 2.24) is 0 Å². The van der Waals surface area contributed by atoms with Crippen molar-refractivity contribution in [3.63, 3.8) is 0 Å². The molecule has 0 aliphatic carbocycles. The summed E-state index contributed by atoms with van der Waals surface area (Å²) in [6.07, 6.45) is 0. The summed E-state index contributed by atoms with van der Waals surface area (Å²) in [5, 5.41) is 0. The van der Waals surface area contributed by atoms with Gasteiger partial charge >= 0.3 is 17.1 Å². The smallest absolute Gasteiger partial charge is 0.312 e. The van der Waals surface area contributed by atoms with E-state index in [-0.39, 0.29) is 40.1 Å². The van der Waals surface area contributed by atoms with Gasteiger partial charge in [0, 0.05) is 32.7 Å². The molecule has 0 aliphatic rings. The van der Waals surface area contributed by atoms with Gasteiger partial charge in [0.05, 0.1) is 0 Å². The Morgan fingerprint density at radius 2 is 0.941 bits per heavy atom. The van der Waals surface area contributed by atoms with Crippen molar-refractivity contribution in [2.24, 2.45) is 0 Å². The van der Waals surface area contributed by atoms with Gasteiger partial charge in [-0.05, 0) is 52.4 Å². The van der Waals surface area contributed by atoms with E-state index in [1.807, 2.05) is 0 Å². The first-order valence-electron chi connectivity index (χ1n) is 5.60. The fourth-order valence-corrected chi connectivity index (χ4v) is 16.8. The summed E-state index contributed by atoms with van der Waals surface area (Å²) < 4.78 is 18.1. The molecule has 0 aromatic heterocycles. The van der Waals surface area contributed by atoms with Crippen molar-refractivity contribution in [1.29, 1.82) is 0 Å². The summed E-state index contributed by atoms with van der Waals surface area (Å²) in [7, 11) is -5.91. The third kappa shape index (κ3) is 14.1. The van der Waals surface area contributed by atoms with E-state index in [9.17, 15) is 0 Å². The molecule has 103 valence electrons. The molecule has 0 heterocycles. The third-order valence-electron chi connectivity index (χ3n) is 1.53. The minimum Gasteiger partial charge on any atom is -0.440 e. The van der Waals surface area contributed by atoms with E-state index < -0.39 is 35.2 Å². The zero-order chi connectivity index (χ0) is 12.3. The number of hydrogen-bond donors (Lipinski definition) is 0. The molecule has 0 fully saturated rings. The first kappa shape index (κ1) is 23.9. The van der Waals surface area contributed by atoms with E-state index in [1.54, 1.807) is 0 Å². The van der Waals surface area contributed by atoms with Crippen LogP contribution in [0, 0.1) is 0 Å². The molecule has 0 saturated heterocycles. The van der Waals surface area contributed by atoms with Crippen molar-refractivity contribution in [3.05, 3.63) is 0 Å². The molecule has 0 spiro atoms. The Morgan fingerprint density at radius 3 is 1.12 bits per heavy atom. The van der Waals surface area contributed by atoms with Crippen molar-refractivity contribution in [2.75, 3.05) is 0 Å². The normalized spacial score (nSPS) is 12.4. The van der Waals surface area contributed by atoms with Gasteiger partial charge in [0.2, 0.25) is 0 Å². The molecule has 1 radical (unpaired) electrons. The fraction of sp³-hybridized carbons (Fsp3) is 1.00. The molecule has 0 aromatic rings. The van der Waals surface area contributed by atoms with Crippen LogP contribution < -0.4 is 0 Å². The Morgan fingerprint density at radius 1 is 0.706 bits per heavy atom. The zero-order valence-electron chi connectivity index (χ0n) is 12.0. The minimum atomic E-state index is -1.95. The van der Waals surface area contributed by atoms with E-state index in [1.165, 1.54) is 0 Å². The summed E-state index contributed by atoms with van der Waals surface area (Å²) in [6.45, 7) is 17.2. The molecule has 0 bridgehead atoms. The van der Waals surface area contributed by atoms with Crippen LogP contribution in [0.3, 0.4) is 0 Å². The van der Waals surface area contributed by atoms with Gasteiger partial charge in [-0.2, -0.15) is 0 Å². The number of rotatable bonds is 6. The molecule has 0 saturated carbocycles. The topological polar surface area (TPSA) is 27.7 Å². The first-order valence-corrected chi connectivity index (χ1v) is 16.8. The van der Waals surface area contributed by atoms with Gasteiger partial charge in [-0.25, -0.2) is 0 Å². The average molecular weight is 388 g/mol. The second-order valence-corrected chi connectivity index (χ2v) is 17.7. The van der Waals surface area contributed by atoms with Gasteiger partial charge in [0.25, 0.3) is 0 Å². The van der Waals surface area contributed by atoms with Gasteiger partial charge in [-0.1, -0.05) is 7.43 Å². The Bertz CT molecular complexity index is 181. The SMILES string of the molecule is C.C[SiH](C)O[Si](C)(C)O[Si](C)(C)O[SiH](C)C.[Y]. The van der Waals surface area contributed by atoms with Crippen molar-refractivity contribution < 1.29 is 45.1 Å². The Kier molecular flexibility index (Phi) is 13.7.